The summed E-state index contributed by atoms with van der Waals surface area (Å²) >= 11 is 0. The van der Waals surface area contributed by atoms with Gasteiger partial charge in [-0.3, -0.25) is 9.59 Å². The number of primary amides is 1. The summed E-state index contributed by atoms with van der Waals surface area (Å²) in [4.78, 5) is 21.8. The van der Waals surface area contributed by atoms with E-state index >= 15 is 0 Å². The van der Waals surface area contributed by atoms with Gasteiger partial charge in [0.1, 0.15) is 0 Å². The molecule has 1 aromatic rings. The molecule has 0 saturated carbocycles. The molecule has 0 saturated heterocycles. The number of carbonyl (C=O) groups excluding carboxylic acids is 2. The van der Waals surface area contributed by atoms with Gasteiger partial charge in [0.2, 0.25) is 11.8 Å². The van der Waals surface area contributed by atoms with E-state index in [-0.39, 0.29) is 37.3 Å². The summed E-state index contributed by atoms with van der Waals surface area (Å²) < 4.78 is 0. The second-order valence-electron chi connectivity index (χ2n) is 3.46. The van der Waals surface area contributed by atoms with Gasteiger partial charge in [-0.1, -0.05) is 30.3 Å². The predicted molar refractivity (Wildman–Crippen MR) is 67.4 cm³/mol. The molecule has 1 rings (SSSR count). The van der Waals surface area contributed by atoms with Gasteiger partial charge in [0, 0.05) is 12.5 Å². The number of carbonyl (C=O) groups is 2. The number of hydrogen-bond donors (Lipinski definition) is 3. The zero-order chi connectivity index (χ0) is 12.0. The maximum Gasteiger partial charge on any atom is 0.236 e. The van der Waals surface area contributed by atoms with E-state index in [0.717, 1.165) is 5.56 Å². The van der Waals surface area contributed by atoms with Gasteiger partial charge in [0.25, 0.3) is 0 Å². The number of halogens is 1. The van der Waals surface area contributed by atoms with E-state index < -0.39 is 5.91 Å². The summed E-state index contributed by atoms with van der Waals surface area (Å²) in [5, 5.41) is 2.39. The van der Waals surface area contributed by atoms with Crippen LogP contribution in [0.25, 0.3) is 0 Å². The molecule has 0 aromatic heterocycles. The van der Waals surface area contributed by atoms with Crippen molar-refractivity contribution in [3.63, 3.8) is 0 Å². The van der Waals surface area contributed by atoms with E-state index in [1.165, 1.54) is 0 Å². The molecule has 0 fully saturated rings. The fraction of sp³-hybridized carbons (Fsp3) is 0.273. The highest BCUT2D eigenvalue weighted by Gasteiger charge is 2.11. The molecule has 5 nitrogen and oxygen atoms in total. The van der Waals surface area contributed by atoms with Crippen molar-refractivity contribution in [2.45, 2.75) is 12.5 Å². The molecular weight excluding hydrogens is 242 g/mol. The summed E-state index contributed by atoms with van der Waals surface area (Å²) in [7, 11) is 0. The Hall–Kier alpha value is -1.59. The summed E-state index contributed by atoms with van der Waals surface area (Å²) in [6.45, 7) is -0.152. The summed E-state index contributed by atoms with van der Waals surface area (Å²) in [5.74, 6) is -0.850. The molecule has 0 aliphatic rings. The first kappa shape index (κ1) is 15.4. The Morgan fingerprint density at radius 1 is 1.24 bits per heavy atom. The first-order chi connectivity index (χ1) is 7.59. The molecule has 0 bridgehead atoms. The second-order valence-corrected chi connectivity index (χ2v) is 3.46. The van der Waals surface area contributed by atoms with Gasteiger partial charge in [0.05, 0.1) is 6.54 Å². The number of nitrogens with one attached hydrogen (secondary N) is 1. The van der Waals surface area contributed by atoms with Crippen molar-refractivity contribution < 1.29 is 9.59 Å². The maximum atomic E-state index is 11.3. The minimum absolute atomic E-state index is 0. The van der Waals surface area contributed by atoms with Gasteiger partial charge in [-0.15, -0.1) is 12.4 Å². The van der Waals surface area contributed by atoms with Crippen LogP contribution in [-0.2, 0) is 9.59 Å². The lowest BCUT2D eigenvalue weighted by Gasteiger charge is -2.11. The SMILES string of the molecule is Cl.NC(=O)CNC(=O)CC(N)c1ccccc1. The van der Waals surface area contributed by atoms with E-state index in [1.54, 1.807) is 0 Å². The van der Waals surface area contributed by atoms with Gasteiger partial charge >= 0.3 is 0 Å². The predicted octanol–water partition coefficient (Wildman–Crippen LogP) is 0.0998. The van der Waals surface area contributed by atoms with Crippen LogP contribution in [0.1, 0.15) is 18.0 Å². The van der Waals surface area contributed by atoms with E-state index in [2.05, 4.69) is 5.32 Å². The molecule has 0 aliphatic carbocycles. The van der Waals surface area contributed by atoms with Crippen molar-refractivity contribution in [2.75, 3.05) is 6.54 Å². The topological polar surface area (TPSA) is 98.2 Å². The lowest BCUT2D eigenvalue weighted by atomic mass is 10.0. The molecule has 1 atom stereocenters. The Balaban J connectivity index is 0.00000256. The standard InChI is InChI=1S/C11H15N3O2.ClH/c12-9(8-4-2-1-3-5-8)6-11(16)14-7-10(13)15;/h1-5,9H,6-7,12H2,(H2,13,15)(H,14,16);1H. The maximum absolute atomic E-state index is 11.3. The van der Waals surface area contributed by atoms with Crippen molar-refractivity contribution in [1.29, 1.82) is 0 Å². The molecule has 0 radical (unpaired) electrons. The molecule has 2 amide bonds. The highest BCUT2D eigenvalue weighted by atomic mass is 35.5. The third kappa shape index (κ3) is 5.89. The van der Waals surface area contributed by atoms with Gasteiger partial charge in [-0.2, -0.15) is 0 Å². The van der Waals surface area contributed by atoms with Crippen LogP contribution in [-0.4, -0.2) is 18.4 Å². The summed E-state index contributed by atoms with van der Waals surface area (Å²) in [6.07, 6.45) is 0.136. The Morgan fingerprint density at radius 3 is 2.35 bits per heavy atom. The van der Waals surface area contributed by atoms with E-state index in [0.29, 0.717) is 0 Å². The lowest BCUT2D eigenvalue weighted by Crippen LogP contribution is -2.34. The molecule has 0 heterocycles. The van der Waals surface area contributed by atoms with Crippen LogP contribution >= 0.6 is 12.4 Å². The average Bonchev–Trinajstić information content (AvgIpc) is 2.27. The van der Waals surface area contributed by atoms with E-state index in [9.17, 15) is 9.59 Å². The number of nitrogens with two attached hydrogens (primary N) is 2. The minimum Gasteiger partial charge on any atom is -0.368 e. The highest BCUT2D eigenvalue weighted by Crippen LogP contribution is 2.12. The van der Waals surface area contributed by atoms with Crippen LogP contribution < -0.4 is 16.8 Å². The molecule has 1 aromatic carbocycles. The largest absolute Gasteiger partial charge is 0.368 e. The molecule has 94 valence electrons. The Morgan fingerprint density at radius 2 is 1.82 bits per heavy atom. The van der Waals surface area contributed by atoms with Gasteiger partial charge in [0.15, 0.2) is 0 Å². The minimum atomic E-state index is -0.568. The highest BCUT2D eigenvalue weighted by molar-refractivity contribution is 5.85. The van der Waals surface area contributed by atoms with Crippen LogP contribution in [0.3, 0.4) is 0 Å². The van der Waals surface area contributed by atoms with E-state index in [1.807, 2.05) is 30.3 Å². The molecule has 0 aliphatic heterocycles. The van der Waals surface area contributed by atoms with Gasteiger partial charge in [-0.05, 0) is 5.56 Å². The molecule has 1 unspecified atom stereocenters. The first-order valence-electron chi connectivity index (χ1n) is 4.95. The van der Waals surface area contributed by atoms with Crippen LogP contribution in [0.15, 0.2) is 30.3 Å². The van der Waals surface area contributed by atoms with Crippen LogP contribution in [0.2, 0.25) is 0 Å². The molecule has 6 heteroatoms. The van der Waals surface area contributed by atoms with Crippen molar-refractivity contribution >= 4 is 24.2 Å². The molecule has 0 spiro atoms. The lowest BCUT2D eigenvalue weighted by molar-refractivity contribution is -0.125. The zero-order valence-electron chi connectivity index (χ0n) is 9.26. The van der Waals surface area contributed by atoms with Crippen molar-refractivity contribution in [3.8, 4) is 0 Å². The van der Waals surface area contributed by atoms with E-state index in [4.69, 9.17) is 11.5 Å². The van der Waals surface area contributed by atoms with Gasteiger partial charge in [-0.25, -0.2) is 0 Å². The second kappa shape index (κ2) is 7.65. The zero-order valence-corrected chi connectivity index (χ0v) is 10.1. The van der Waals surface area contributed by atoms with Crippen LogP contribution in [0.4, 0.5) is 0 Å². The summed E-state index contributed by atoms with van der Waals surface area (Å²) in [6, 6.07) is 8.93. The van der Waals surface area contributed by atoms with Crippen LogP contribution in [0, 0.1) is 0 Å². The monoisotopic (exact) mass is 257 g/mol. The van der Waals surface area contributed by atoms with Gasteiger partial charge < -0.3 is 16.8 Å². The molecular formula is C11H16ClN3O2. The average molecular weight is 258 g/mol. The number of rotatable bonds is 5. The smallest absolute Gasteiger partial charge is 0.236 e. The van der Waals surface area contributed by atoms with Crippen LogP contribution in [0.5, 0.6) is 0 Å². The fourth-order valence-electron chi connectivity index (χ4n) is 1.28. The quantitative estimate of drug-likeness (QED) is 0.698. The number of amides is 2. The summed E-state index contributed by atoms with van der Waals surface area (Å²) in [5.41, 5.74) is 11.6. The third-order valence-electron chi connectivity index (χ3n) is 2.09. The van der Waals surface area contributed by atoms with Crippen molar-refractivity contribution in [3.05, 3.63) is 35.9 Å². The Kier molecular flexibility index (Phi) is 6.93. The Bertz CT molecular complexity index is 370. The molecule has 17 heavy (non-hydrogen) atoms. The normalized spacial score (nSPS) is 11.1. The number of hydrogen-bond acceptors (Lipinski definition) is 3. The molecule has 5 N–H and O–H groups in total. The number of benzene rings is 1. The van der Waals surface area contributed by atoms with Crippen molar-refractivity contribution in [2.24, 2.45) is 11.5 Å². The first-order valence-corrected chi connectivity index (χ1v) is 4.95. The Labute approximate surface area is 106 Å². The third-order valence-corrected chi connectivity index (χ3v) is 2.09. The fourth-order valence-corrected chi connectivity index (χ4v) is 1.28. The van der Waals surface area contributed by atoms with Crippen molar-refractivity contribution in [1.82, 2.24) is 5.32 Å².